The number of nitrogens with one attached hydrogen (secondary N) is 2. The lowest BCUT2D eigenvalue weighted by Gasteiger charge is -2.38. The standard InChI is InChI=1S/C26H27F2N7O2S/c27-16-4-5-17(19(28)12-16)23-33-34-24(38-23)22(37)31-20-6-11-35(13-15-2-3-15)14-18(20)21(36)32-26(7-8-26)25-29-9-1-10-30-25/h1,4-5,9-10,12,15,18,20H,2-3,6-8,11,13-14H2,(H,31,37)(H,32,36)/t18-,20-/m0/s1. The van der Waals surface area contributed by atoms with Crippen LogP contribution in [-0.2, 0) is 10.3 Å². The maximum Gasteiger partial charge on any atom is 0.282 e. The number of benzene rings is 1. The molecule has 3 aliphatic rings. The Morgan fingerprint density at radius 3 is 2.61 bits per heavy atom. The van der Waals surface area contributed by atoms with Crippen molar-refractivity contribution in [1.82, 2.24) is 35.7 Å². The van der Waals surface area contributed by atoms with Crippen LogP contribution in [0.4, 0.5) is 8.78 Å². The molecule has 2 aliphatic carbocycles. The van der Waals surface area contributed by atoms with Gasteiger partial charge in [0.05, 0.1) is 11.5 Å². The van der Waals surface area contributed by atoms with E-state index in [4.69, 9.17) is 0 Å². The number of carbonyl (C=O) groups excluding carboxylic acids is 2. The van der Waals surface area contributed by atoms with Crippen LogP contribution in [0.5, 0.6) is 0 Å². The Labute approximate surface area is 222 Å². The van der Waals surface area contributed by atoms with Crippen molar-refractivity contribution >= 4 is 23.2 Å². The Balaban J connectivity index is 1.17. The molecule has 0 radical (unpaired) electrons. The minimum absolute atomic E-state index is 0.0552. The molecule has 3 aromatic rings. The number of amides is 2. The Bertz CT molecular complexity index is 1350. The molecule has 0 spiro atoms. The van der Waals surface area contributed by atoms with Crippen LogP contribution in [0.25, 0.3) is 10.6 Å². The van der Waals surface area contributed by atoms with Gasteiger partial charge in [0.25, 0.3) is 5.91 Å². The van der Waals surface area contributed by atoms with E-state index in [-0.39, 0.29) is 21.5 Å². The van der Waals surface area contributed by atoms with E-state index >= 15 is 0 Å². The summed E-state index contributed by atoms with van der Waals surface area (Å²) >= 11 is 0.923. The van der Waals surface area contributed by atoms with Crippen LogP contribution in [-0.4, -0.2) is 62.6 Å². The number of halogens is 2. The van der Waals surface area contributed by atoms with Crippen molar-refractivity contribution < 1.29 is 18.4 Å². The molecule has 6 rings (SSSR count). The Kier molecular flexibility index (Phi) is 6.60. The SMILES string of the molecule is O=C(N[C@H]1CCN(CC2CC2)C[C@@H]1C(=O)NC1(c2ncccn2)CC1)c1nnc(-c2ccc(F)cc2F)s1. The van der Waals surface area contributed by atoms with Crippen molar-refractivity contribution in [1.29, 1.82) is 0 Å². The fourth-order valence-electron chi connectivity index (χ4n) is 5.01. The smallest absolute Gasteiger partial charge is 0.282 e. The van der Waals surface area contributed by atoms with Crippen molar-refractivity contribution in [2.45, 2.75) is 43.7 Å². The van der Waals surface area contributed by atoms with Crippen LogP contribution in [0, 0.1) is 23.5 Å². The first-order valence-electron chi connectivity index (χ1n) is 12.8. The van der Waals surface area contributed by atoms with E-state index in [1.54, 1.807) is 18.5 Å². The highest BCUT2D eigenvalue weighted by Gasteiger charge is 2.50. The number of carbonyl (C=O) groups is 2. The Hall–Kier alpha value is -3.38. The van der Waals surface area contributed by atoms with Gasteiger partial charge in [0.15, 0.2) is 10.8 Å². The number of likely N-dealkylation sites (tertiary alicyclic amines) is 1. The fraction of sp³-hybridized carbons (Fsp3) is 0.462. The normalized spacial score (nSPS) is 22.6. The molecular formula is C26H27F2N7O2S. The summed E-state index contributed by atoms with van der Waals surface area (Å²) in [4.78, 5) is 37.8. The lowest BCUT2D eigenvalue weighted by atomic mass is 9.90. The van der Waals surface area contributed by atoms with Crippen molar-refractivity contribution in [3.8, 4) is 10.6 Å². The van der Waals surface area contributed by atoms with Gasteiger partial charge in [-0.25, -0.2) is 18.7 Å². The summed E-state index contributed by atoms with van der Waals surface area (Å²) in [5.41, 5.74) is -0.481. The molecule has 2 amide bonds. The highest BCUT2D eigenvalue weighted by molar-refractivity contribution is 7.16. The topological polar surface area (TPSA) is 113 Å². The maximum atomic E-state index is 14.2. The summed E-state index contributed by atoms with van der Waals surface area (Å²) in [6.07, 6.45) is 7.93. The molecule has 1 saturated heterocycles. The molecule has 9 nitrogen and oxygen atoms in total. The molecule has 2 saturated carbocycles. The molecule has 1 aromatic carbocycles. The summed E-state index contributed by atoms with van der Waals surface area (Å²) in [6, 6.07) is 4.51. The van der Waals surface area contributed by atoms with E-state index in [0.29, 0.717) is 24.7 Å². The molecule has 12 heteroatoms. The molecule has 2 N–H and O–H groups in total. The van der Waals surface area contributed by atoms with E-state index in [1.807, 2.05) is 0 Å². The third kappa shape index (κ3) is 5.28. The molecule has 2 aromatic heterocycles. The monoisotopic (exact) mass is 539 g/mol. The second-order valence-electron chi connectivity index (χ2n) is 10.4. The van der Waals surface area contributed by atoms with Gasteiger partial charge in [-0.1, -0.05) is 11.3 Å². The number of nitrogens with zero attached hydrogens (tertiary/aromatic N) is 5. The zero-order valence-electron chi connectivity index (χ0n) is 20.6. The van der Waals surface area contributed by atoms with E-state index in [1.165, 1.54) is 18.9 Å². The van der Waals surface area contributed by atoms with Gasteiger partial charge in [-0.3, -0.25) is 9.59 Å². The van der Waals surface area contributed by atoms with E-state index in [2.05, 4.69) is 35.7 Å². The van der Waals surface area contributed by atoms with Gasteiger partial charge in [-0.05, 0) is 56.2 Å². The number of piperidine rings is 1. The highest BCUT2D eigenvalue weighted by atomic mass is 32.1. The summed E-state index contributed by atoms with van der Waals surface area (Å²) in [7, 11) is 0. The second kappa shape index (κ2) is 10.1. The van der Waals surface area contributed by atoms with Crippen LogP contribution in [0.15, 0.2) is 36.7 Å². The van der Waals surface area contributed by atoms with Gasteiger partial charge in [-0.2, -0.15) is 0 Å². The van der Waals surface area contributed by atoms with E-state index in [9.17, 15) is 18.4 Å². The third-order valence-corrected chi connectivity index (χ3v) is 8.41. The molecule has 3 heterocycles. The number of rotatable bonds is 8. The Morgan fingerprint density at radius 2 is 1.89 bits per heavy atom. The van der Waals surface area contributed by atoms with Crippen LogP contribution in [0.2, 0.25) is 0 Å². The number of hydrogen-bond donors (Lipinski definition) is 2. The van der Waals surface area contributed by atoms with Crippen molar-refractivity contribution in [3.05, 3.63) is 59.1 Å². The van der Waals surface area contributed by atoms with Gasteiger partial charge in [0.2, 0.25) is 10.9 Å². The lowest BCUT2D eigenvalue weighted by Crippen LogP contribution is -2.57. The number of aromatic nitrogens is 4. The first-order valence-corrected chi connectivity index (χ1v) is 13.6. The average molecular weight is 540 g/mol. The van der Waals surface area contributed by atoms with Crippen LogP contribution >= 0.6 is 11.3 Å². The zero-order valence-corrected chi connectivity index (χ0v) is 21.4. The summed E-state index contributed by atoms with van der Waals surface area (Å²) < 4.78 is 27.5. The van der Waals surface area contributed by atoms with Crippen LogP contribution < -0.4 is 10.6 Å². The predicted molar refractivity (Wildman–Crippen MR) is 135 cm³/mol. The van der Waals surface area contributed by atoms with Crippen molar-refractivity contribution in [3.63, 3.8) is 0 Å². The molecule has 198 valence electrons. The molecule has 2 atom stereocenters. The maximum absolute atomic E-state index is 14.2. The van der Waals surface area contributed by atoms with Gasteiger partial charge < -0.3 is 15.5 Å². The van der Waals surface area contributed by atoms with Crippen molar-refractivity contribution in [2.75, 3.05) is 19.6 Å². The second-order valence-corrected chi connectivity index (χ2v) is 11.3. The average Bonchev–Trinajstić information content (AvgIpc) is 3.84. The van der Waals surface area contributed by atoms with Crippen LogP contribution in [0.1, 0.15) is 47.7 Å². The Morgan fingerprint density at radius 1 is 1.11 bits per heavy atom. The first-order chi connectivity index (χ1) is 18.4. The van der Waals surface area contributed by atoms with Crippen LogP contribution in [0.3, 0.4) is 0 Å². The zero-order chi connectivity index (χ0) is 26.3. The molecular weight excluding hydrogens is 512 g/mol. The predicted octanol–water partition coefficient (Wildman–Crippen LogP) is 2.91. The number of hydrogen-bond acceptors (Lipinski definition) is 8. The highest BCUT2D eigenvalue weighted by Crippen LogP contribution is 2.44. The van der Waals surface area contributed by atoms with Gasteiger partial charge in [0, 0.05) is 49.7 Å². The van der Waals surface area contributed by atoms with Gasteiger partial charge >= 0.3 is 0 Å². The van der Waals surface area contributed by atoms with E-state index < -0.39 is 35.0 Å². The summed E-state index contributed by atoms with van der Waals surface area (Å²) in [5, 5.41) is 14.3. The largest absolute Gasteiger partial charge is 0.346 e. The first kappa shape index (κ1) is 24.9. The lowest BCUT2D eigenvalue weighted by molar-refractivity contribution is -0.128. The van der Waals surface area contributed by atoms with E-state index in [0.717, 1.165) is 49.4 Å². The minimum Gasteiger partial charge on any atom is -0.346 e. The summed E-state index contributed by atoms with van der Waals surface area (Å²) in [6.45, 7) is 2.28. The van der Waals surface area contributed by atoms with Crippen molar-refractivity contribution in [2.24, 2.45) is 11.8 Å². The van der Waals surface area contributed by atoms with Gasteiger partial charge in [0.1, 0.15) is 11.6 Å². The quantitative estimate of drug-likeness (QED) is 0.453. The molecule has 1 aliphatic heterocycles. The third-order valence-electron chi connectivity index (χ3n) is 7.45. The molecule has 0 bridgehead atoms. The molecule has 0 unspecified atom stereocenters. The minimum atomic E-state index is -0.774. The fourth-order valence-corrected chi connectivity index (χ4v) is 5.78. The summed E-state index contributed by atoms with van der Waals surface area (Å²) in [5.74, 6) is -1.25. The van der Waals surface area contributed by atoms with Gasteiger partial charge in [-0.15, -0.1) is 10.2 Å². The molecule has 38 heavy (non-hydrogen) atoms. The molecule has 3 fully saturated rings.